The molecule has 4 rings (SSSR count). The van der Waals surface area contributed by atoms with Gasteiger partial charge in [-0.3, -0.25) is 4.79 Å². The second kappa shape index (κ2) is 11.0. The summed E-state index contributed by atoms with van der Waals surface area (Å²) < 4.78 is 9.15. The van der Waals surface area contributed by atoms with Crippen molar-refractivity contribution in [3.05, 3.63) is 101 Å². The monoisotopic (exact) mass is 649 g/mol. The summed E-state index contributed by atoms with van der Waals surface area (Å²) in [5, 5.41) is 5.77. The molecule has 0 radical (unpaired) electrons. The fraction of sp³-hybridized carbons (Fsp3) is 0.192. The molecule has 0 spiro atoms. The molecule has 0 saturated carbocycles. The van der Waals surface area contributed by atoms with Crippen LogP contribution < -0.4 is 10.3 Å². The van der Waals surface area contributed by atoms with Gasteiger partial charge < -0.3 is 4.74 Å². The molecule has 0 saturated heterocycles. The number of aromatic nitrogens is 2. The number of halogens is 3. The predicted molar refractivity (Wildman–Crippen MR) is 150 cm³/mol. The maximum absolute atomic E-state index is 13.3. The molecular formula is C26H22BrClIN3O2. The minimum Gasteiger partial charge on any atom is -0.488 e. The van der Waals surface area contributed by atoms with Gasteiger partial charge in [-0.25, -0.2) is 4.98 Å². The molecule has 0 fully saturated rings. The largest absolute Gasteiger partial charge is 0.488 e. The van der Waals surface area contributed by atoms with E-state index in [4.69, 9.17) is 21.3 Å². The highest BCUT2D eigenvalue weighted by Crippen LogP contribution is 2.24. The van der Waals surface area contributed by atoms with Crippen LogP contribution in [0.5, 0.6) is 5.75 Å². The summed E-state index contributed by atoms with van der Waals surface area (Å²) in [4.78, 5) is 18.0. The summed E-state index contributed by atoms with van der Waals surface area (Å²) in [5.41, 5.74) is 2.39. The van der Waals surface area contributed by atoms with Crippen molar-refractivity contribution < 1.29 is 4.74 Å². The minimum atomic E-state index is -0.185. The van der Waals surface area contributed by atoms with Gasteiger partial charge in [0.15, 0.2) is 0 Å². The summed E-state index contributed by atoms with van der Waals surface area (Å²) in [6.45, 7) is 4.57. The SMILES string of the molecule is CC[C@@H](C)c1nc2ccc(Br)cc2c(=O)n1N=Cc1ccc(OCc2ccc(Cl)cc2)c(I)c1. The molecule has 1 aromatic heterocycles. The lowest BCUT2D eigenvalue weighted by Crippen LogP contribution is -2.23. The van der Waals surface area contributed by atoms with Crippen molar-refractivity contribution in [2.75, 3.05) is 0 Å². The van der Waals surface area contributed by atoms with Gasteiger partial charge in [-0.1, -0.05) is 53.5 Å². The molecule has 8 heteroatoms. The van der Waals surface area contributed by atoms with E-state index in [1.54, 1.807) is 12.3 Å². The van der Waals surface area contributed by atoms with Gasteiger partial charge in [0.2, 0.25) is 0 Å². The normalized spacial score (nSPS) is 12.4. The van der Waals surface area contributed by atoms with Crippen LogP contribution in [0, 0.1) is 3.57 Å². The third kappa shape index (κ3) is 5.70. The van der Waals surface area contributed by atoms with Gasteiger partial charge >= 0.3 is 0 Å². The Hall–Kier alpha value is -2.23. The van der Waals surface area contributed by atoms with Gasteiger partial charge in [0.1, 0.15) is 18.2 Å². The molecule has 0 aliphatic carbocycles. The number of ether oxygens (including phenoxy) is 1. The number of nitrogens with zero attached hydrogens (tertiary/aromatic N) is 3. The molecule has 1 atom stereocenters. The lowest BCUT2D eigenvalue weighted by Gasteiger charge is -2.14. The highest BCUT2D eigenvalue weighted by atomic mass is 127. The van der Waals surface area contributed by atoms with E-state index in [-0.39, 0.29) is 11.5 Å². The van der Waals surface area contributed by atoms with E-state index in [2.05, 4.69) is 50.5 Å². The van der Waals surface area contributed by atoms with Crippen molar-refractivity contribution in [1.82, 2.24) is 9.66 Å². The Morgan fingerprint density at radius 2 is 1.94 bits per heavy atom. The van der Waals surface area contributed by atoms with Crippen LogP contribution >= 0.6 is 50.1 Å². The van der Waals surface area contributed by atoms with E-state index in [9.17, 15) is 4.79 Å². The van der Waals surface area contributed by atoms with E-state index in [1.807, 2.05) is 61.5 Å². The average molecular weight is 651 g/mol. The molecule has 5 nitrogen and oxygen atoms in total. The lowest BCUT2D eigenvalue weighted by molar-refractivity contribution is 0.304. The van der Waals surface area contributed by atoms with Gasteiger partial charge in [-0.05, 0) is 88.7 Å². The predicted octanol–water partition coefficient (Wildman–Crippen LogP) is 7.39. The molecule has 3 aromatic carbocycles. The van der Waals surface area contributed by atoms with Crippen molar-refractivity contribution in [3.8, 4) is 5.75 Å². The smallest absolute Gasteiger partial charge is 0.282 e. The number of rotatable bonds is 7. The molecule has 0 aliphatic heterocycles. The standard InChI is InChI=1S/C26H22BrClIN3O2/c1-3-16(2)25-31-23-10-7-19(27)13-21(23)26(33)32(25)30-14-18-6-11-24(22(29)12-18)34-15-17-4-8-20(28)9-5-17/h4-14,16H,3,15H2,1-2H3/t16-/m1/s1. The Balaban J connectivity index is 1.62. The molecule has 34 heavy (non-hydrogen) atoms. The van der Waals surface area contributed by atoms with Crippen molar-refractivity contribution in [3.63, 3.8) is 0 Å². The van der Waals surface area contributed by atoms with Gasteiger partial charge in [-0.15, -0.1) is 0 Å². The second-order valence-corrected chi connectivity index (χ2v) is 10.4. The Morgan fingerprint density at radius 1 is 1.18 bits per heavy atom. The molecule has 0 bridgehead atoms. The molecule has 174 valence electrons. The number of benzene rings is 3. The summed E-state index contributed by atoms with van der Waals surface area (Å²) in [6.07, 6.45) is 2.53. The van der Waals surface area contributed by atoms with Crippen LogP contribution in [0.1, 0.15) is 43.1 Å². The molecule has 0 aliphatic rings. The van der Waals surface area contributed by atoms with E-state index in [1.165, 1.54) is 4.68 Å². The molecule has 1 heterocycles. The minimum absolute atomic E-state index is 0.0849. The molecule has 4 aromatic rings. The second-order valence-electron chi connectivity index (χ2n) is 7.91. The van der Waals surface area contributed by atoms with Crippen molar-refractivity contribution in [2.24, 2.45) is 5.10 Å². The maximum Gasteiger partial charge on any atom is 0.282 e. The van der Waals surface area contributed by atoms with Gasteiger partial charge in [0.05, 0.1) is 20.7 Å². The number of fused-ring (bicyclic) bond motifs is 1. The van der Waals surface area contributed by atoms with Crippen LogP contribution in [-0.4, -0.2) is 15.9 Å². The first-order chi connectivity index (χ1) is 16.4. The van der Waals surface area contributed by atoms with E-state index in [0.29, 0.717) is 28.4 Å². The first-order valence-corrected chi connectivity index (χ1v) is 13.0. The summed E-state index contributed by atoms with van der Waals surface area (Å²) in [5.74, 6) is 1.51. The van der Waals surface area contributed by atoms with Crippen molar-refractivity contribution in [2.45, 2.75) is 32.8 Å². The summed E-state index contributed by atoms with van der Waals surface area (Å²) >= 11 is 11.6. The van der Waals surface area contributed by atoms with Crippen LogP contribution in [0.2, 0.25) is 5.02 Å². The molecular weight excluding hydrogens is 629 g/mol. The van der Waals surface area contributed by atoms with E-state index >= 15 is 0 Å². The third-order valence-corrected chi connectivity index (χ3v) is 7.06. The van der Waals surface area contributed by atoms with E-state index in [0.717, 1.165) is 31.3 Å². The van der Waals surface area contributed by atoms with Crippen LogP contribution in [-0.2, 0) is 6.61 Å². The Labute approximate surface area is 225 Å². The molecule has 0 amide bonds. The van der Waals surface area contributed by atoms with Gasteiger partial charge in [0.25, 0.3) is 5.56 Å². The van der Waals surface area contributed by atoms with Crippen LogP contribution in [0.15, 0.2) is 75.0 Å². The van der Waals surface area contributed by atoms with Crippen molar-refractivity contribution in [1.29, 1.82) is 0 Å². The first kappa shape index (κ1) is 24.9. The van der Waals surface area contributed by atoms with Crippen LogP contribution in [0.4, 0.5) is 0 Å². The zero-order chi connectivity index (χ0) is 24.2. The summed E-state index contributed by atoms with van der Waals surface area (Å²) in [6, 6.07) is 18.9. The fourth-order valence-electron chi connectivity index (χ4n) is 3.36. The fourth-order valence-corrected chi connectivity index (χ4v) is 4.54. The maximum atomic E-state index is 13.3. The zero-order valence-corrected chi connectivity index (χ0v) is 23.1. The third-order valence-electron chi connectivity index (χ3n) is 5.47. The Kier molecular flexibility index (Phi) is 8.06. The Morgan fingerprint density at radius 3 is 2.65 bits per heavy atom. The highest BCUT2D eigenvalue weighted by Gasteiger charge is 2.15. The van der Waals surface area contributed by atoms with Crippen LogP contribution in [0.25, 0.3) is 10.9 Å². The van der Waals surface area contributed by atoms with Gasteiger partial charge in [0, 0.05) is 15.4 Å². The number of hydrogen-bond donors (Lipinski definition) is 0. The quantitative estimate of drug-likeness (QED) is 0.155. The summed E-state index contributed by atoms with van der Waals surface area (Å²) in [7, 11) is 0. The first-order valence-electron chi connectivity index (χ1n) is 10.8. The van der Waals surface area contributed by atoms with Gasteiger partial charge in [-0.2, -0.15) is 9.78 Å². The van der Waals surface area contributed by atoms with E-state index < -0.39 is 0 Å². The molecule has 0 unspecified atom stereocenters. The van der Waals surface area contributed by atoms with Crippen molar-refractivity contribution >= 4 is 67.2 Å². The Bertz CT molecular complexity index is 1420. The highest BCUT2D eigenvalue weighted by molar-refractivity contribution is 14.1. The molecule has 0 N–H and O–H groups in total. The number of hydrogen-bond acceptors (Lipinski definition) is 4. The average Bonchev–Trinajstić information content (AvgIpc) is 2.83. The topological polar surface area (TPSA) is 56.5 Å². The van der Waals surface area contributed by atoms with Crippen LogP contribution in [0.3, 0.4) is 0 Å². The zero-order valence-electron chi connectivity index (χ0n) is 18.6. The lowest BCUT2D eigenvalue weighted by atomic mass is 10.1.